The van der Waals surface area contributed by atoms with Gasteiger partial charge >= 0.3 is 0 Å². The molecule has 110 valence electrons. The van der Waals surface area contributed by atoms with E-state index in [4.69, 9.17) is 4.42 Å². The molecule has 2 aromatic heterocycles. The number of ketones is 1. The highest BCUT2D eigenvalue weighted by atomic mass is 19.2. The van der Waals surface area contributed by atoms with E-state index < -0.39 is 11.6 Å². The van der Waals surface area contributed by atoms with Gasteiger partial charge in [-0.2, -0.15) is 0 Å². The topological polar surface area (TPSA) is 30.2 Å². The van der Waals surface area contributed by atoms with Crippen molar-refractivity contribution in [1.29, 1.82) is 0 Å². The van der Waals surface area contributed by atoms with Crippen molar-refractivity contribution in [2.75, 3.05) is 0 Å². The third-order valence-corrected chi connectivity index (χ3v) is 4.34. The third kappa shape index (κ3) is 1.47. The summed E-state index contributed by atoms with van der Waals surface area (Å²) in [6.45, 7) is 0. The second kappa shape index (κ2) is 4.04. The fourth-order valence-corrected chi connectivity index (χ4v) is 3.30. The summed E-state index contributed by atoms with van der Waals surface area (Å²) in [6, 6.07) is 11.5. The predicted molar refractivity (Wildman–Crippen MR) is 83.5 cm³/mol. The average Bonchev–Trinajstić information content (AvgIpc) is 3.19. The van der Waals surface area contributed by atoms with Crippen LogP contribution in [0.5, 0.6) is 0 Å². The number of carbonyl (C=O) groups excluding carboxylic acids is 1. The quantitative estimate of drug-likeness (QED) is 0.493. The highest BCUT2D eigenvalue weighted by Crippen LogP contribution is 2.46. The lowest BCUT2D eigenvalue weighted by atomic mass is 10.00. The van der Waals surface area contributed by atoms with E-state index in [9.17, 15) is 13.6 Å². The summed E-state index contributed by atoms with van der Waals surface area (Å²) in [7, 11) is 0. The Morgan fingerprint density at radius 2 is 1.52 bits per heavy atom. The Labute approximate surface area is 129 Å². The Kier molecular flexibility index (Phi) is 2.20. The van der Waals surface area contributed by atoms with E-state index in [2.05, 4.69) is 0 Å². The second-order valence-electron chi connectivity index (χ2n) is 5.61. The van der Waals surface area contributed by atoms with Gasteiger partial charge in [0.1, 0.15) is 11.2 Å². The third-order valence-electron chi connectivity index (χ3n) is 4.34. The maximum absolute atomic E-state index is 13.5. The molecule has 23 heavy (non-hydrogen) atoms. The zero-order chi connectivity index (χ0) is 15.7. The number of Topliss-reactive ketones (excluding diaryl/α,β-unsaturated/α-hetero) is 1. The number of furan rings is 2. The van der Waals surface area contributed by atoms with Crippen LogP contribution in [0.2, 0.25) is 0 Å². The molecule has 0 radical (unpaired) electrons. The van der Waals surface area contributed by atoms with Crippen LogP contribution in [0.4, 0.5) is 8.78 Å². The Morgan fingerprint density at radius 1 is 0.870 bits per heavy atom. The molecular weight excluding hydrogens is 298 g/mol. The molecule has 0 saturated heterocycles. The molecular formula is C19H8F2O2. The maximum Gasteiger partial charge on any atom is 0.198 e. The minimum atomic E-state index is -0.947. The molecule has 1 aliphatic carbocycles. The first-order valence-electron chi connectivity index (χ1n) is 7.13. The number of fused-ring (bicyclic) bond motifs is 8. The smallest absolute Gasteiger partial charge is 0.198 e. The number of halogens is 2. The van der Waals surface area contributed by atoms with E-state index in [0.717, 1.165) is 17.7 Å². The van der Waals surface area contributed by atoms with Crippen molar-refractivity contribution in [3.8, 4) is 0 Å². The largest absolute Gasteiger partial charge is 0.455 e. The van der Waals surface area contributed by atoms with E-state index in [1.54, 1.807) is 6.08 Å². The van der Waals surface area contributed by atoms with Crippen LogP contribution in [0.15, 0.2) is 46.9 Å². The van der Waals surface area contributed by atoms with Crippen molar-refractivity contribution in [2.45, 2.75) is 0 Å². The van der Waals surface area contributed by atoms with Crippen LogP contribution in [0.1, 0.15) is 21.5 Å². The molecule has 0 atom stereocenters. The van der Waals surface area contributed by atoms with Crippen LogP contribution in [-0.4, -0.2) is 5.78 Å². The average molecular weight is 306 g/mol. The summed E-state index contributed by atoms with van der Waals surface area (Å²) in [5, 5.41) is 0.935. The zero-order valence-corrected chi connectivity index (χ0v) is 11.7. The highest BCUT2D eigenvalue weighted by Gasteiger charge is 2.33. The summed E-state index contributed by atoms with van der Waals surface area (Å²) >= 11 is 0. The van der Waals surface area contributed by atoms with Gasteiger partial charge in [-0.15, -0.1) is 0 Å². The summed E-state index contributed by atoms with van der Waals surface area (Å²) in [6.07, 6.45) is 1.76. The van der Waals surface area contributed by atoms with Crippen LogP contribution in [0.25, 0.3) is 33.6 Å². The van der Waals surface area contributed by atoms with Gasteiger partial charge in [-0.25, -0.2) is 8.78 Å². The number of rotatable bonds is 1. The number of hydrogen-bond acceptors (Lipinski definition) is 2. The first-order valence-corrected chi connectivity index (χ1v) is 7.13. The fraction of sp³-hybridized carbons (Fsp3) is 0. The Bertz CT molecular complexity index is 1140. The SMILES string of the molecule is O=C1C(c2ccccc2)=Cc2c1c1oc2c2cc(F)c(F)cc12. The van der Waals surface area contributed by atoms with Gasteiger partial charge in [-0.3, -0.25) is 4.79 Å². The molecule has 5 rings (SSSR count). The maximum atomic E-state index is 13.5. The van der Waals surface area contributed by atoms with Crippen molar-refractivity contribution in [2.24, 2.45) is 0 Å². The Balaban J connectivity index is 1.81. The summed E-state index contributed by atoms with van der Waals surface area (Å²) < 4.78 is 32.7. The van der Waals surface area contributed by atoms with Gasteiger partial charge in [-0.1, -0.05) is 30.3 Å². The summed E-state index contributed by atoms with van der Waals surface area (Å²) in [5.74, 6) is -2.02. The lowest BCUT2D eigenvalue weighted by Crippen LogP contribution is -1.98. The van der Waals surface area contributed by atoms with Crippen LogP contribution in [0.3, 0.4) is 0 Å². The van der Waals surface area contributed by atoms with E-state index in [0.29, 0.717) is 38.6 Å². The molecule has 2 heterocycles. The van der Waals surface area contributed by atoms with Gasteiger partial charge in [0.05, 0.1) is 5.56 Å². The van der Waals surface area contributed by atoms with Crippen molar-refractivity contribution < 1.29 is 18.0 Å². The molecule has 0 saturated carbocycles. The number of allylic oxidation sites excluding steroid dienone is 1. The van der Waals surface area contributed by atoms with Crippen LogP contribution in [-0.2, 0) is 0 Å². The van der Waals surface area contributed by atoms with Gasteiger partial charge in [0.2, 0.25) is 0 Å². The first kappa shape index (κ1) is 12.5. The normalized spacial score (nSPS) is 14.0. The predicted octanol–water partition coefficient (Wildman–Crippen LogP) is 5.04. The van der Waals surface area contributed by atoms with Crippen molar-refractivity contribution in [3.05, 3.63) is 70.8 Å². The number of carbonyl (C=O) groups is 1. The minimum absolute atomic E-state index is 0.147. The van der Waals surface area contributed by atoms with Crippen molar-refractivity contribution in [1.82, 2.24) is 0 Å². The van der Waals surface area contributed by atoms with Gasteiger partial charge in [-0.05, 0) is 23.8 Å². The van der Waals surface area contributed by atoms with Gasteiger partial charge in [0.25, 0.3) is 0 Å². The fourth-order valence-electron chi connectivity index (χ4n) is 3.30. The van der Waals surface area contributed by atoms with Gasteiger partial charge < -0.3 is 4.42 Å². The molecule has 2 nitrogen and oxygen atoms in total. The van der Waals surface area contributed by atoms with Crippen LogP contribution in [0, 0.1) is 11.6 Å². The molecule has 0 spiro atoms. The second-order valence-corrected chi connectivity index (χ2v) is 5.61. The minimum Gasteiger partial charge on any atom is -0.455 e. The van der Waals surface area contributed by atoms with Crippen LogP contribution < -0.4 is 0 Å². The molecule has 4 heteroatoms. The number of hydrogen-bond donors (Lipinski definition) is 0. The van der Waals surface area contributed by atoms with Crippen molar-refractivity contribution in [3.63, 3.8) is 0 Å². The lowest BCUT2D eigenvalue weighted by molar-refractivity contribution is 0.106. The molecule has 0 fully saturated rings. The first-order chi connectivity index (χ1) is 11.1. The monoisotopic (exact) mass is 306 g/mol. The molecule has 2 bridgehead atoms. The molecule has 0 aliphatic heterocycles. The van der Waals surface area contributed by atoms with E-state index >= 15 is 0 Å². The Morgan fingerprint density at radius 3 is 2.22 bits per heavy atom. The summed E-state index contributed by atoms with van der Waals surface area (Å²) in [5.41, 5.74) is 3.25. The van der Waals surface area contributed by atoms with Gasteiger partial charge in [0, 0.05) is 21.9 Å². The van der Waals surface area contributed by atoms with Crippen molar-refractivity contribution >= 4 is 39.4 Å². The van der Waals surface area contributed by atoms with E-state index in [1.165, 1.54) is 0 Å². The molecule has 0 unspecified atom stereocenters. The van der Waals surface area contributed by atoms with E-state index in [-0.39, 0.29) is 5.78 Å². The standard InChI is InChI=1S/C19H8F2O2/c20-14-7-11-12(8-15(14)21)19-16-13(18(11)23-19)6-10(17(16)22)9-4-2-1-3-5-9/h1-8H. The molecule has 1 aliphatic rings. The lowest BCUT2D eigenvalue weighted by Gasteiger charge is -2.01. The summed E-state index contributed by atoms with van der Waals surface area (Å²) in [4.78, 5) is 12.7. The van der Waals surface area contributed by atoms with Crippen LogP contribution >= 0.6 is 0 Å². The van der Waals surface area contributed by atoms with E-state index in [1.807, 2.05) is 30.3 Å². The molecule has 0 N–H and O–H groups in total. The molecule has 2 aromatic carbocycles. The molecule has 4 aromatic rings. The Hall–Kier alpha value is -3.01. The zero-order valence-electron chi connectivity index (χ0n) is 11.7. The highest BCUT2D eigenvalue weighted by molar-refractivity contribution is 6.42. The number of benzene rings is 3. The van der Waals surface area contributed by atoms with Gasteiger partial charge in [0.15, 0.2) is 17.4 Å². The molecule has 0 amide bonds.